The minimum absolute atomic E-state index is 0.00102. The van der Waals surface area contributed by atoms with Gasteiger partial charge in [0.2, 0.25) is 0 Å². The number of nitrogen functional groups attached to an aromatic ring is 1. The summed E-state index contributed by atoms with van der Waals surface area (Å²) < 4.78 is 3.29. The van der Waals surface area contributed by atoms with Gasteiger partial charge in [-0.2, -0.15) is 0 Å². The van der Waals surface area contributed by atoms with Crippen molar-refractivity contribution in [1.29, 1.82) is 0 Å². The van der Waals surface area contributed by atoms with Gasteiger partial charge in [-0.15, -0.1) is 11.0 Å². The number of carbonyl (C=O) groups excluding carboxylic acids is 1. The van der Waals surface area contributed by atoms with Gasteiger partial charge in [0.15, 0.2) is 5.82 Å². The molecule has 2 aromatic carbocycles. The van der Waals surface area contributed by atoms with Crippen LogP contribution in [-0.2, 0) is 6.42 Å². The molecule has 8 nitrogen and oxygen atoms in total. The van der Waals surface area contributed by atoms with Gasteiger partial charge in [-0.05, 0) is 49.1 Å². The number of fused-ring (bicyclic) bond motifs is 2. The highest BCUT2D eigenvalue weighted by Gasteiger charge is 2.20. The van der Waals surface area contributed by atoms with Gasteiger partial charge in [-0.1, -0.05) is 43.2 Å². The van der Waals surface area contributed by atoms with Gasteiger partial charge in [0.25, 0.3) is 11.5 Å². The lowest BCUT2D eigenvalue weighted by molar-refractivity contribution is 0.100. The van der Waals surface area contributed by atoms with Crippen LogP contribution < -0.4 is 22.3 Å². The van der Waals surface area contributed by atoms with Crippen LogP contribution in [0.2, 0.25) is 0 Å². The van der Waals surface area contributed by atoms with Gasteiger partial charge in [0.05, 0.1) is 5.39 Å². The molecule has 4 aromatic rings. The van der Waals surface area contributed by atoms with Crippen molar-refractivity contribution in [3.8, 4) is 17.5 Å². The standard InChI is InChI=1S/C20H17NO.C7H9N5O/c1-3-9-15-10-8-11-16-14-17(4-2)21(20(22)19(15)16)18-12-6-5-7-13-18;8-5-4(6(9)13)7-10-2-1-3-12(7)11-5/h5-8,10-14H,4H2,1-2H3;1,3,10H,2H2,(H2,8,11)(H2,9,13). The van der Waals surface area contributed by atoms with E-state index in [0.717, 1.165) is 28.8 Å². The first-order chi connectivity index (χ1) is 17.0. The molecule has 0 aliphatic carbocycles. The average Bonchev–Trinajstić information content (AvgIpc) is 3.21. The number of carbonyl (C=O) groups is 1. The zero-order chi connectivity index (χ0) is 24.9. The number of nitrogens with one attached hydrogen (secondary N) is 1. The van der Waals surface area contributed by atoms with Crippen LogP contribution in [0, 0.1) is 11.8 Å². The summed E-state index contributed by atoms with van der Waals surface area (Å²) in [6.07, 6.45) is 4.39. The van der Waals surface area contributed by atoms with Crippen LogP contribution in [0.1, 0.15) is 35.5 Å². The maximum atomic E-state index is 13.1. The monoisotopic (exact) mass is 466 g/mol. The van der Waals surface area contributed by atoms with Crippen molar-refractivity contribution >= 4 is 34.5 Å². The molecule has 0 atom stereocenters. The van der Waals surface area contributed by atoms with E-state index in [1.54, 1.807) is 17.7 Å². The Kier molecular flexibility index (Phi) is 6.69. The Morgan fingerprint density at radius 1 is 1.17 bits per heavy atom. The maximum Gasteiger partial charge on any atom is 0.264 e. The van der Waals surface area contributed by atoms with Crippen LogP contribution >= 0.6 is 0 Å². The topological polar surface area (TPSA) is 121 Å². The van der Waals surface area contributed by atoms with Crippen molar-refractivity contribution in [2.75, 3.05) is 17.6 Å². The fourth-order valence-electron chi connectivity index (χ4n) is 4.05. The van der Waals surface area contributed by atoms with Gasteiger partial charge in [-0.25, -0.2) is 4.68 Å². The highest BCUT2D eigenvalue weighted by atomic mass is 16.1. The normalized spacial score (nSPS) is 11.5. The number of aromatic nitrogens is 3. The number of nitrogens with two attached hydrogens (primary N) is 2. The molecule has 0 spiro atoms. The first-order valence-electron chi connectivity index (χ1n) is 11.2. The molecule has 176 valence electrons. The van der Waals surface area contributed by atoms with E-state index < -0.39 is 5.91 Å². The lowest BCUT2D eigenvalue weighted by Crippen LogP contribution is -2.22. The summed E-state index contributed by atoms with van der Waals surface area (Å²) >= 11 is 0. The van der Waals surface area contributed by atoms with Gasteiger partial charge < -0.3 is 16.8 Å². The number of primary amides is 1. The van der Waals surface area contributed by atoms with Crippen molar-refractivity contribution in [2.24, 2.45) is 5.73 Å². The van der Waals surface area contributed by atoms with Gasteiger partial charge >= 0.3 is 0 Å². The van der Waals surface area contributed by atoms with Crippen molar-refractivity contribution in [1.82, 2.24) is 14.3 Å². The molecule has 5 rings (SSSR count). The Hall–Kier alpha value is -4.77. The lowest BCUT2D eigenvalue weighted by atomic mass is 10.0. The van der Waals surface area contributed by atoms with E-state index in [2.05, 4.69) is 35.2 Å². The molecule has 0 unspecified atom stereocenters. The maximum absolute atomic E-state index is 13.1. The minimum Gasteiger partial charge on any atom is -0.381 e. The van der Waals surface area contributed by atoms with Crippen LogP contribution in [-0.4, -0.2) is 26.8 Å². The summed E-state index contributed by atoms with van der Waals surface area (Å²) in [7, 11) is 0. The minimum atomic E-state index is -0.568. The molecule has 1 amide bonds. The van der Waals surface area contributed by atoms with Crippen LogP contribution in [0.5, 0.6) is 0 Å². The highest BCUT2D eigenvalue weighted by molar-refractivity contribution is 6.02. The number of hydrogen-bond donors (Lipinski definition) is 3. The number of rotatable bonds is 3. The summed E-state index contributed by atoms with van der Waals surface area (Å²) in [5.74, 6) is 6.09. The molecule has 1 aliphatic rings. The number of benzene rings is 2. The van der Waals surface area contributed by atoms with Crippen molar-refractivity contribution in [3.05, 3.63) is 87.8 Å². The van der Waals surface area contributed by atoms with E-state index in [0.29, 0.717) is 17.7 Å². The van der Waals surface area contributed by atoms with Crippen molar-refractivity contribution in [3.63, 3.8) is 0 Å². The Labute approximate surface area is 202 Å². The number of para-hydroxylation sites is 1. The molecule has 0 saturated carbocycles. The van der Waals surface area contributed by atoms with E-state index >= 15 is 0 Å². The number of amides is 1. The molecule has 35 heavy (non-hydrogen) atoms. The first-order valence-corrected chi connectivity index (χ1v) is 11.2. The van der Waals surface area contributed by atoms with E-state index in [1.807, 2.05) is 54.6 Å². The molecule has 5 N–H and O–H groups in total. The zero-order valence-corrected chi connectivity index (χ0v) is 19.6. The van der Waals surface area contributed by atoms with Crippen LogP contribution in [0.3, 0.4) is 0 Å². The smallest absolute Gasteiger partial charge is 0.264 e. The number of anilines is 2. The third kappa shape index (κ3) is 4.52. The molecule has 0 fully saturated rings. The molecule has 8 heteroatoms. The Morgan fingerprint density at radius 2 is 1.94 bits per heavy atom. The van der Waals surface area contributed by atoms with Crippen molar-refractivity contribution < 1.29 is 4.79 Å². The lowest BCUT2D eigenvalue weighted by Gasteiger charge is -2.14. The Bertz CT molecular complexity index is 1550. The molecular formula is C27H26N6O2. The summed E-state index contributed by atoms with van der Waals surface area (Å²) in [6, 6.07) is 17.7. The van der Waals surface area contributed by atoms with E-state index in [9.17, 15) is 9.59 Å². The number of nitrogens with zero attached hydrogens (tertiary/aromatic N) is 3. The summed E-state index contributed by atoms with van der Waals surface area (Å²) in [5.41, 5.74) is 13.6. The van der Waals surface area contributed by atoms with Crippen LogP contribution in [0.4, 0.5) is 11.6 Å². The van der Waals surface area contributed by atoms with E-state index in [-0.39, 0.29) is 16.9 Å². The highest BCUT2D eigenvalue weighted by Crippen LogP contribution is 2.23. The Morgan fingerprint density at radius 3 is 2.63 bits per heavy atom. The third-order valence-corrected chi connectivity index (χ3v) is 5.58. The summed E-state index contributed by atoms with van der Waals surface area (Å²) in [4.78, 5) is 24.1. The number of pyridine rings is 1. The summed E-state index contributed by atoms with van der Waals surface area (Å²) in [5, 5.41) is 8.53. The molecule has 0 radical (unpaired) electrons. The second-order valence-electron chi connectivity index (χ2n) is 7.79. The van der Waals surface area contributed by atoms with Gasteiger partial charge in [0.1, 0.15) is 11.4 Å². The Balaban J connectivity index is 0.000000189. The molecular weight excluding hydrogens is 440 g/mol. The second kappa shape index (κ2) is 10.0. The number of aryl methyl sites for hydroxylation is 1. The zero-order valence-electron chi connectivity index (χ0n) is 19.6. The molecule has 2 aromatic heterocycles. The fraction of sp³-hybridized carbons (Fsp3) is 0.148. The predicted octanol–water partition coefficient (Wildman–Crippen LogP) is 3.38. The number of hydrogen-bond acceptors (Lipinski definition) is 5. The van der Waals surface area contributed by atoms with Gasteiger partial charge in [0, 0.05) is 29.7 Å². The molecule has 1 aliphatic heterocycles. The molecule has 3 heterocycles. The average molecular weight is 467 g/mol. The summed E-state index contributed by atoms with van der Waals surface area (Å²) in [6.45, 7) is 4.50. The molecule has 0 bridgehead atoms. The largest absolute Gasteiger partial charge is 0.381 e. The van der Waals surface area contributed by atoms with Crippen LogP contribution in [0.15, 0.2) is 65.5 Å². The predicted molar refractivity (Wildman–Crippen MR) is 140 cm³/mol. The quantitative estimate of drug-likeness (QED) is 0.400. The first kappa shape index (κ1) is 23.4. The third-order valence-electron chi connectivity index (χ3n) is 5.58. The second-order valence-corrected chi connectivity index (χ2v) is 7.79. The van der Waals surface area contributed by atoms with E-state index in [1.165, 1.54) is 4.68 Å². The van der Waals surface area contributed by atoms with E-state index in [4.69, 9.17) is 11.5 Å². The SMILES string of the molecule is CC#Cc1cccc2cc(CC)n(-c3ccccc3)c(=O)c12.NC(=O)c1c(N)nn2c1NCC=C2. The molecule has 0 saturated heterocycles. The fourth-order valence-corrected chi connectivity index (χ4v) is 4.05. The van der Waals surface area contributed by atoms with Gasteiger partial charge in [-0.3, -0.25) is 14.2 Å². The van der Waals surface area contributed by atoms with Crippen molar-refractivity contribution in [2.45, 2.75) is 20.3 Å². The van der Waals surface area contributed by atoms with Crippen LogP contribution in [0.25, 0.3) is 22.7 Å².